The van der Waals surface area contributed by atoms with Gasteiger partial charge in [0.15, 0.2) is 12.6 Å². The number of alkyl halides is 3. The first kappa shape index (κ1) is 25.0. The summed E-state index contributed by atoms with van der Waals surface area (Å²) in [5.74, 6) is 0.768. The SMILES string of the molecule is CN=C(NCc1ccc(OCC(F)(F)F)cc1)NCC(OC)c1ccccc1.I. The van der Waals surface area contributed by atoms with Crippen LogP contribution in [0.15, 0.2) is 59.6 Å². The number of hydrogen-bond acceptors (Lipinski definition) is 3. The van der Waals surface area contributed by atoms with Crippen LogP contribution < -0.4 is 15.4 Å². The van der Waals surface area contributed by atoms with Gasteiger partial charge in [0.25, 0.3) is 0 Å². The maximum atomic E-state index is 12.2. The summed E-state index contributed by atoms with van der Waals surface area (Å²) in [7, 11) is 3.31. The van der Waals surface area contributed by atoms with Gasteiger partial charge in [0, 0.05) is 27.2 Å². The van der Waals surface area contributed by atoms with Crippen molar-refractivity contribution in [1.82, 2.24) is 10.6 Å². The van der Waals surface area contributed by atoms with E-state index in [0.29, 0.717) is 19.0 Å². The predicted molar refractivity (Wildman–Crippen MR) is 118 cm³/mol. The van der Waals surface area contributed by atoms with Crippen LogP contribution in [-0.2, 0) is 11.3 Å². The van der Waals surface area contributed by atoms with Gasteiger partial charge in [-0.2, -0.15) is 13.2 Å². The molecule has 0 bridgehead atoms. The molecule has 9 heteroatoms. The summed E-state index contributed by atoms with van der Waals surface area (Å²) in [6.45, 7) is -0.310. The summed E-state index contributed by atoms with van der Waals surface area (Å²) in [6, 6.07) is 16.3. The number of rotatable bonds is 8. The normalized spacial score (nSPS) is 12.7. The maximum absolute atomic E-state index is 12.2. The fourth-order valence-corrected chi connectivity index (χ4v) is 2.47. The quantitative estimate of drug-likeness (QED) is 0.308. The van der Waals surface area contributed by atoms with E-state index in [4.69, 9.17) is 9.47 Å². The van der Waals surface area contributed by atoms with Crippen molar-refractivity contribution in [3.8, 4) is 5.75 Å². The molecule has 0 radical (unpaired) electrons. The number of nitrogens with zero attached hydrogens (tertiary/aromatic N) is 1. The predicted octanol–water partition coefficient (Wildman–Crippen LogP) is 4.30. The second kappa shape index (κ2) is 12.5. The highest BCUT2D eigenvalue weighted by Gasteiger charge is 2.28. The third-order valence-corrected chi connectivity index (χ3v) is 3.92. The van der Waals surface area contributed by atoms with Crippen LogP contribution in [0.3, 0.4) is 0 Å². The Bertz CT molecular complexity index is 741. The van der Waals surface area contributed by atoms with Crippen LogP contribution in [0.5, 0.6) is 5.75 Å². The fraction of sp³-hybridized carbons (Fsp3) is 0.350. The number of halogens is 4. The van der Waals surface area contributed by atoms with E-state index in [-0.39, 0.29) is 35.8 Å². The van der Waals surface area contributed by atoms with E-state index in [1.165, 1.54) is 12.1 Å². The van der Waals surface area contributed by atoms with E-state index in [2.05, 4.69) is 15.6 Å². The average Bonchev–Trinajstić information content (AvgIpc) is 2.70. The zero-order valence-corrected chi connectivity index (χ0v) is 18.5. The number of benzene rings is 2. The van der Waals surface area contributed by atoms with Crippen molar-refractivity contribution >= 4 is 29.9 Å². The molecule has 0 amide bonds. The van der Waals surface area contributed by atoms with Crippen molar-refractivity contribution in [3.05, 3.63) is 65.7 Å². The van der Waals surface area contributed by atoms with Gasteiger partial charge in [-0.1, -0.05) is 42.5 Å². The highest BCUT2D eigenvalue weighted by molar-refractivity contribution is 14.0. The zero-order valence-electron chi connectivity index (χ0n) is 16.2. The lowest BCUT2D eigenvalue weighted by atomic mass is 10.1. The van der Waals surface area contributed by atoms with Crippen molar-refractivity contribution in [2.45, 2.75) is 18.8 Å². The maximum Gasteiger partial charge on any atom is 0.422 e. The Labute approximate surface area is 185 Å². The molecule has 2 aromatic carbocycles. The first-order valence-corrected chi connectivity index (χ1v) is 8.72. The summed E-state index contributed by atoms with van der Waals surface area (Å²) in [5, 5.41) is 6.36. The summed E-state index contributed by atoms with van der Waals surface area (Å²) in [5.41, 5.74) is 1.94. The molecule has 0 aliphatic rings. The number of nitrogens with one attached hydrogen (secondary N) is 2. The topological polar surface area (TPSA) is 54.9 Å². The van der Waals surface area contributed by atoms with Crippen molar-refractivity contribution in [2.24, 2.45) is 4.99 Å². The zero-order chi connectivity index (χ0) is 20.4. The minimum atomic E-state index is -4.35. The van der Waals surface area contributed by atoms with Crippen LogP contribution in [0.4, 0.5) is 13.2 Å². The second-order valence-corrected chi connectivity index (χ2v) is 5.99. The van der Waals surface area contributed by atoms with E-state index in [1.54, 1.807) is 26.3 Å². The number of methoxy groups -OCH3 is 1. The highest BCUT2D eigenvalue weighted by Crippen LogP contribution is 2.19. The Morgan fingerprint density at radius 3 is 2.24 bits per heavy atom. The summed E-state index contributed by atoms with van der Waals surface area (Å²) in [4.78, 5) is 4.17. The Balaban J connectivity index is 0.00000420. The van der Waals surface area contributed by atoms with Crippen LogP contribution in [0, 0.1) is 0 Å². The molecule has 5 nitrogen and oxygen atoms in total. The first-order valence-electron chi connectivity index (χ1n) is 8.72. The molecule has 1 atom stereocenters. The van der Waals surface area contributed by atoms with Gasteiger partial charge >= 0.3 is 6.18 Å². The summed E-state index contributed by atoms with van der Waals surface area (Å²) >= 11 is 0. The third kappa shape index (κ3) is 9.35. The molecule has 0 aliphatic heterocycles. The molecular formula is C20H25F3IN3O2. The van der Waals surface area contributed by atoms with Gasteiger partial charge in [0.05, 0.1) is 6.10 Å². The van der Waals surface area contributed by atoms with E-state index < -0.39 is 12.8 Å². The summed E-state index contributed by atoms with van der Waals surface area (Å²) in [6.07, 6.45) is -4.47. The van der Waals surface area contributed by atoms with E-state index in [1.807, 2.05) is 30.3 Å². The molecule has 0 saturated heterocycles. The van der Waals surface area contributed by atoms with Crippen molar-refractivity contribution in [1.29, 1.82) is 0 Å². The van der Waals surface area contributed by atoms with Crippen LogP contribution in [0.1, 0.15) is 17.2 Å². The van der Waals surface area contributed by atoms with Gasteiger partial charge in [-0.3, -0.25) is 4.99 Å². The molecule has 29 heavy (non-hydrogen) atoms. The minimum Gasteiger partial charge on any atom is -0.484 e. The Hall–Kier alpha value is -2.01. The Morgan fingerprint density at radius 1 is 1.03 bits per heavy atom. The van der Waals surface area contributed by atoms with Gasteiger partial charge in [-0.15, -0.1) is 24.0 Å². The molecule has 160 valence electrons. The van der Waals surface area contributed by atoms with E-state index in [0.717, 1.165) is 11.1 Å². The molecule has 1 unspecified atom stereocenters. The Kier molecular flexibility index (Phi) is 10.8. The molecule has 0 aliphatic carbocycles. The lowest BCUT2D eigenvalue weighted by Gasteiger charge is -2.19. The standard InChI is InChI=1S/C20H24F3N3O2.HI/c1-24-19(26-13-18(27-2)16-6-4-3-5-7-16)25-12-15-8-10-17(11-9-15)28-14-20(21,22)23;/h3-11,18H,12-14H2,1-2H3,(H2,24,25,26);1H. The van der Waals surface area contributed by atoms with Crippen LogP contribution in [-0.4, -0.2) is 39.4 Å². The fourth-order valence-electron chi connectivity index (χ4n) is 2.47. The Morgan fingerprint density at radius 2 is 1.69 bits per heavy atom. The van der Waals surface area contributed by atoms with E-state index >= 15 is 0 Å². The molecule has 2 aromatic rings. The summed E-state index contributed by atoms with van der Waals surface area (Å²) < 4.78 is 46.7. The molecule has 0 fully saturated rings. The van der Waals surface area contributed by atoms with Gasteiger partial charge < -0.3 is 20.1 Å². The van der Waals surface area contributed by atoms with Gasteiger partial charge in [0.1, 0.15) is 5.75 Å². The molecule has 2 N–H and O–H groups in total. The highest BCUT2D eigenvalue weighted by atomic mass is 127. The molecule has 0 aromatic heterocycles. The smallest absolute Gasteiger partial charge is 0.422 e. The van der Waals surface area contributed by atoms with Crippen molar-refractivity contribution in [3.63, 3.8) is 0 Å². The number of hydrogen-bond donors (Lipinski definition) is 2. The molecule has 0 spiro atoms. The van der Waals surface area contributed by atoms with Crippen LogP contribution in [0.25, 0.3) is 0 Å². The average molecular weight is 523 g/mol. The van der Waals surface area contributed by atoms with Crippen molar-refractivity contribution in [2.75, 3.05) is 27.3 Å². The molecule has 2 rings (SSSR count). The number of guanidine groups is 1. The van der Waals surface area contributed by atoms with Crippen molar-refractivity contribution < 1.29 is 22.6 Å². The monoisotopic (exact) mass is 523 g/mol. The lowest BCUT2D eigenvalue weighted by molar-refractivity contribution is -0.153. The number of ether oxygens (including phenoxy) is 2. The van der Waals surface area contributed by atoms with E-state index in [9.17, 15) is 13.2 Å². The second-order valence-electron chi connectivity index (χ2n) is 5.99. The molecule has 0 heterocycles. The van der Waals surface area contributed by atoms with Gasteiger partial charge in [-0.05, 0) is 23.3 Å². The number of aliphatic imine (C=N–C) groups is 1. The van der Waals surface area contributed by atoms with Crippen LogP contribution >= 0.6 is 24.0 Å². The largest absolute Gasteiger partial charge is 0.484 e. The van der Waals surface area contributed by atoms with Gasteiger partial charge in [-0.25, -0.2) is 0 Å². The lowest BCUT2D eigenvalue weighted by Crippen LogP contribution is -2.39. The first-order chi connectivity index (χ1) is 13.4. The van der Waals surface area contributed by atoms with Gasteiger partial charge in [0.2, 0.25) is 0 Å². The molecule has 0 saturated carbocycles. The minimum absolute atomic E-state index is 0. The molecular weight excluding hydrogens is 498 g/mol. The van der Waals surface area contributed by atoms with Crippen LogP contribution in [0.2, 0.25) is 0 Å². The third-order valence-electron chi connectivity index (χ3n) is 3.92.